The van der Waals surface area contributed by atoms with Crippen molar-refractivity contribution in [1.82, 2.24) is 9.97 Å². The van der Waals surface area contributed by atoms with Crippen LogP contribution in [0.5, 0.6) is 0 Å². The first-order valence-corrected chi connectivity index (χ1v) is 6.00. The summed E-state index contributed by atoms with van der Waals surface area (Å²) in [5.74, 6) is 1.75. The van der Waals surface area contributed by atoms with Gasteiger partial charge in [0.15, 0.2) is 5.82 Å². The van der Waals surface area contributed by atoms with Gasteiger partial charge in [0.2, 0.25) is 0 Å². The largest absolute Gasteiger partial charge is 0.370 e. The highest BCUT2D eigenvalue weighted by Crippen LogP contribution is 2.26. The fraction of sp³-hybridized carbons (Fsp3) is 0.667. The van der Waals surface area contributed by atoms with Crippen LogP contribution in [0.2, 0.25) is 0 Å². The Balaban J connectivity index is 2.14. The second-order valence-electron chi connectivity index (χ2n) is 4.18. The van der Waals surface area contributed by atoms with Crippen LogP contribution < -0.4 is 5.32 Å². The van der Waals surface area contributed by atoms with Crippen LogP contribution in [-0.4, -0.2) is 23.1 Å². The van der Waals surface area contributed by atoms with Crippen LogP contribution in [0.15, 0.2) is 6.07 Å². The van der Waals surface area contributed by atoms with Crippen molar-refractivity contribution in [3.63, 3.8) is 0 Å². The Labute approximate surface area is 96.4 Å². The molecule has 0 amide bonds. The predicted octanol–water partition coefficient (Wildman–Crippen LogP) is 2.46. The maximum atomic E-state index is 5.60. The van der Waals surface area contributed by atoms with Gasteiger partial charge in [0, 0.05) is 24.9 Å². The van der Waals surface area contributed by atoms with E-state index in [4.69, 9.17) is 4.74 Å². The SMILES string of the molecule is CCCNc1cc(C)nc(C2CCCO2)n1. The predicted molar refractivity (Wildman–Crippen MR) is 63.5 cm³/mol. The molecular formula is C12H19N3O. The quantitative estimate of drug-likeness (QED) is 0.848. The molecule has 0 bridgehead atoms. The molecule has 1 aromatic rings. The number of nitrogens with zero attached hydrogens (tertiary/aromatic N) is 2. The molecule has 0 spiro atoms. The molecule has 1 aliphatic heterocycles. The highest BCUT2D eigenvalue weighted by molar-refractivity contribution is 5.36. The Morgan fingerprint density at radius 1 is 1.50 bits per heavy atom. The lowest BCUT2D eigenvalue weighted by Gasteiger charge is -2.11. The van der Waals surface area contributed by atoms with Crippen LogP contribution in [0.1, 0.15) is 43.8 Å². The molecule has 0 saturated carbocycles. The average Bonchev–Trinajstić information content (AvgIpc) is 2.79. The monoisotopic (exact) mass is 221 g/mol. The summed E-state index contributed by atoms with van der Waals surface area (Å²) in [6.07, 6.45) is 3.34. The lowest BCUT2D eigenvalue weighted by molar-refractivity contribution is 0.105. The Morgan fingerprint density at radius 2 is 2.38 bits per heavy atom. The molecule has 0 aromatic carbocycles. The third-order valence-corrected chi connectivity index (χ3v) is 2.65. The van der Waals surface area contributed by atoms with E-state index in [2.05, 4.69) is 22.2 Å². The van der Waals surface area contributed by atoms with Crippen molar-refractivity contribution in [3.05, 3.63) is 17.6 Å². The van der Waals surface area contributed by atoms with Gasteiger partial charge >= 0.3 is 0 Å². The van der Waals surface area contributed by atoms with Gasteiger partial charge in [0.25, 0.3) is 0 Å². The molecule has 4 heteroatoms. The molecule has 1 saturated heterocycles. The fourth-order valence-electron chi connectivity index (χ4n) is 1.86. The first-order valence-electron chi connectivity index (χ1n) is 6.00. The van der Waals surface area contributed by atoms with Crippen molar-refractivity contribution in [2.75, 3.05) is 18.5 Å². The minimum Gasteiger partial charge on any atom is -0.370 e. The molecule has 0 radical (unpaired) electrons. The standard InChI is InChI=1S/C12H19N3O/c1-3-6-13-11-8-9(2)14-12(15-11)10-5-4-7-16-10/h8,10H,3-7H2,1-2H3,(H,13,14,15). The van der Waals surface area contributed by atoms with Crippen LogP contribution in [-0.2, 0) is 4.74 Å². The third kappa shape index (κ3) is 2.70. The van der Waals surface area contributed by atoms with Gasteiger partial charge in [0.1, 0.15) is 11.9 Å². The molecule has 1 aliphatic rings. The molecule has 0 aliphatic carbocycles. The van der Waals surface area contributed by atoms with Gasteiger partial charge in [-0.05, 0) is 26.2 Å². The molecule has 88 valence electrons. The van der Waals surface area contributed by atoms with Crippen LogP contribution in [0, 0.1) is 6.92 Å². The number of nitrogens with one attached hydrogen (secondary N) is 1. The van der Waals surface area contributed by atoms with Crippen LogP contribution in [0.4, 0.5) is 5.82 Å². The minimum atomic E-state index is 0.0991. The normalized spacial score (nSPS) is 20.0. The van der Waals surface area contributed by atoms with Crippen molar-refractivity contribution in [1.29, 1.82) is 0 Å². The number of hydrogen-bond donors (Lipinski definition) is 1. The summed E-state index contributed by atoms with van der Waals surface area (Å²) in [7, 11) is 0. The molecule has 2 rings (SSSR count). The van der Waals surface area contributed by atoms with Gasteiger partial charge in [-0.2, -0.15) is 0 Å². The van der Waals surface area contributed by atoms with Gasteiger partial charge in [-0.25, -0.2) is 9.97 Å². The first kappa shape index (κ1) is 11.3. The first-order chi connectivity index (χ1) is 7.79. The Morgan fingerprint density at radius 3 is 3.06 bits per heavy atom. The Hall–Kier alpha value is -1.16. The maximum Gasteiger partial charge on any atom is 0.159 e. The molecular weight excluding hydrogens is 202 g/mol. The molecule has 1 atom stereocenters. The van der Waals surface area contributed by atoms with Crippen molar-refractivity contribution in [2.45, 2.75) is 39.2 Å². The molecule has 1 N–H and O–H groups in total. The van der Waals surface area contributed by atoms with E-state index in [1.807, 2.05) is 13.0 Å². The molecule has 1 aromatic heterocycles. The van der Waals surface area contributed by atoms with E-state index < -0.39 is 0 Å². The summed E-state index contributed by atoms with van der Waals surface area (Å²) < 4.78 is 5.60. The fourth-order valence-corrected chi connectivity index (χ4v) is 1.86. The zero-order valence-corrected chi connectivity index (χ0v) is 9.99. The minimum absolute atomic E-state index is 0.0991. The van der Waals surface area contributed by atoms with E-state index in [9.17, 15) is 0 Å². The third-order valence-electron chi connectivity index (χ3n) is 2.65. The van der Waals surface area contributed by atoms with Gasteiger partial charge < -0.3 is 10.1 Å². The van der Waals surface area contributed by atoms with Gasteiger partial charge in [0.05, 0.1) is 0 Å². The van der Waals surface area contributed by atoms with Crippen molar-refractivity contribution >= 4 is 5.82 Å². The van der Waals surface area contributed by atoms with Crippen molar-refractivity contribution in [3.8, 4) is 0 Å². The number of ether oxygens (including phenoxy) is 1. The highest BCUT2D eigenvalue weighted by Gasteiger charge is 2.21. The van der Waals surface area contributed by atoms with Crippen LogP contribution >= 0.6 is 0 Å². The Kier molecular flexibility index (Phi) is 3.72. The topological polar surface area (TPSA) is 47.0 Å². The van der Waals surface area contributed by atoms with Crippen LogP contribution in [0.25, 0.3) is 0 Å². The average molecular weight is 221 g/mol. The Bertz CT molecular complexity index is 348. The zero-order valence-electron chi connectivity index (χ0n) is 9.99. The molecule has 4 nitrogen and oxygen atoms in total. The number of anilines is 1. The summed E-state index contributed by atoms with van der Waals surface area (Å²) in [6, 6.07) is 1.98. The summed E-state index contributed by atoms with van der Waals surface area (Å²) in [4.78, 5) is 8.95. The second-order valence-corrected chi connectivity index (χ2v) is 4.18. The molecule has 1 fully saturated rings. The van der Waals surface area contributed by atoms with Gasteiger partial charge in [-0.3, -0.25) is 0 Å². The summed E-state index contributed by atoms with van der Waals surface area (Å²) in [5.41, 5.74) is 0.999. The molecule has 16 heavy (non-hydrogen) atoms. The lowest BCUT2D eigenvalue weighted by Crippen LogP contribution is -2.09. The summed E-state index contributed by atoms with van der Waals surface area (Å²) in [6.45, 7) is 5.92. The van der Waals surface area contributed by atoms with E-state index >= 15 is 0 Å². The van der Waals surface area contributed by atoms with Crippen LogP contribution in [0.3, 0.4) is 0 Å². The number of aryl methyl sites for hydroxylation is 1. The smallest absolute Gasteiger partial charge is 0.159 e. The van der Waals surface area contributed by atoms with Gasteiger partial charge in [-0.15, -0.1) is 0 Å². The van der Waals surface area contributed by atoms with E-state index in [0.717, 1.165) is 49.8 Å². The van der Waals surface area contributed by atoms with Gasteiger partial charge in [-0.1, -0.05) is 6.92 Å². The summed E-state index contributed by atoms with van der Waals surface area (Å²) in [5, 5.41) is 3.29. The zero-order chi connectivity index (χ0) is 11.4. The lowest BCUT2D eigenvalue weighted by atomic mass is 10.2. The molecule has 2 heterocycles. The summed E-state index contributed by atoms with van der Waals surface area (Å²) >= 11 is 0. The highest BCUT2D eigenvalue weighted by atomic mass is 16.5. The second kappa shape index (κ2) is 5.25. The van der Waals surface area contributed by atoms with Crippen molar-refractivity contribution in [2.24, 2.45) is 0 Å². The number of hydrogen-bond acceptors (Lipinski definition) is 4. The van der Waals surface area contributed by atoms with E-state index in [-0.39, 0.29) is 6.10 Å². The van der Waals surface area contributed by atoms with E-state index in [1.165, 1.54) is 0 Å². The number of aromatic nitrogens is 2. The van der Waals surface area contributed by atoms with E-state index in [0.29, 0.717) is 0 Å². The van der Waals surface area contributed by atoms with E-state index in [1.54, 1.807) is 0 Å². The maximum absolute atomic E-state index is 5.60. The number of rotatable bonds is 4. The van der Waals surface area contributed by atoms with Crippen molar-refractivity contribution < 1.29 is 4.74 Å². The molecule has 1 unspecified atom stereocenters.